The minimum atomic E-state index is -3.47. The zero-order chi connectivity index (χ0) is 20.4. The van der Waals surface area contributed by atoms with Crippen molar-refractivity contribution in [1.82, 2.24) is 19.6 Å². The molecule has 1 fully saturated rings. The Bertz CT molecular complexity index is 1160. The van der Waals surface area contributed by atoms with Crippen LogP contribution in [-0.4, -0.2) is 41.7 Å². The molecule has 29 heavy (non-hydrogen) atoms. The first-order valence-electron chi connectivity index (χ1n) is 9.23. The lowest BCUT2D eigenvalue weighted by Gasteiger charge is -2.15. The lowest BCUT2D eigenvalue weighted by molar-refractivity contribution is 0.0952. The first-order chi connectivity index (χ1) is 13.9. The normalized spacial score (nSPS) is 14.9. The van der Waals surface area contributed by atoms with Gasteiger partial charge in [-0.15, -0.1) is 0 Å². The van der Waals surface area contributed by atoms with Crippen LogP contribution in [0.5, 0.6) is 0 Å². The highest BCUT2D eigenvalue weighted by molar-refractivity contribution is 7.89. The van der Waals surface area contributed by atoms with Gasteiger partial charge < -0.3 is 5.32 Å². The summed E-state index contributed by atoms with van der Waals surface area (Å²) in [6.45, 7) is 1.26. The quantitative estimate of drug-likeness (QED) is 0.693. The van der Waals surface area contributed by atoms with E-state index >= 15 is 0 Å². The number of aromatic nitrogens is 2. The van der Waals surface area contributed by atoms with Crippen molar-refractivity contribution in [1.29, 1.82) is 0 Å². The van der Waals surface area contributed by atoms with Crippen LogP contribution in [0.15, 0.2) is 53.7 Å². The molecule has 0 unspecified atom stereocenters. The summed E-state index contributed by atoms with van der Waals surface area (Å²) in [6, 6.07) is 8.74. The molecule has 3 aromatic rings. The summed E-state index contributed by atoms with van der Waals surface area (Å²) < 4.78 is 40.4. The Labute approximate surface area is 167 Å². The minimum Gasteiger partial charge on any atom is -0.348 e. The second-order valence-electron chi connectivity index (χ2n) is 6.82. The lowest BCUT2D eigenvalue weighted by Crippen LogP contribution is -2.28. The van der Waals surface area contributed by atoms with Crippen LogP contribution < -0.4 is 5.32 Å². The highest BCUT2D eigenvalue weighted by Crippen LogP contribution is 2.21. The van der Waals surface area contributed by atoms with E-state index in [1.807, 2.05) is 0 Å². The number of sulfonamides is 1. The summed E-state index contributed by atoms with van der Waals surface area (Å²) in [5.41, 5.74) is 1.44. The molecule has 0 radical (unpaired) electrons. The van der Waals surface area contributed by atoms with Gasteiger partial charge in [-0.3, -0.25) is 14.8 Å². The van der Waals surface area contributed by atoms with Crippen LogP contribution in [0.4, 0.5) is 4.39 Å². The topological polar surface area (TPSA) is 92.3 Å². The summed E-state index contributed by atoms with van der Waals surface area (Å²) >= 11 is 0. The van der Waals surface area contributed by atoms with E-state index in [1.165, 1.54) is 34.9 Å². The molecule has 1 amide bonds. The lowest BCUT2D eigenvalue weighted by atomic mass is 10.1. The molecule has 4 rings (SSSR count). The van der Waals surface area contributed by atoms with E-state index in [-0.39, 0.29) is 17.0 Å². The summed E-state index contributed by atoms with van der Waals surface area (Å²) in [4.78, 5) is 20.9. The largest absolute Gasteiger partial charge is 0.348 e. The van der Waals surface area contributed by atoms with E-state index in [0.29, 0.717) is 24.1 Å². The zero-order valence-electron chi connectivity index (χ0n) is 15.5. The van der Waals surface area contributed by atoms with Crippen molar-refractivity contribution in [3.63, 3.8) is 0 Å². The molecule has 150 valence electrons. The molecule has 0 aliphatic carbocycles. The number of carbonyl (C=O) groups is 1. The fourth-order valence-electron chi connectivity index (χ4n) is 3.35. The van der Waals surface area contributed by atoms with Crippen LogP contribution in [0.2, 0.25) is 0 Å². The van der Waals surface area contributed by atoms with Crippen molar-refractivity contribution >= 4 is 27.0 Å². The zero-order valence-corrected chi connectivity index (χ0v) is 16.3. The highest BCUT2D eigenvalue weighted by Gasteiger charge is 2.26. The molecule has 0 spiro atoms. The molecule has 1 saturated heterocycles. The van der Waals surface area contributed by atoms with Crippen molar-refractivity contribution in [2.75, 3.05) is 13.1 Å². The van der Waals surface area contributed by atoms with E-state index in [0.717, 1.165) is 24.5 Å². The Kier molecular flexibility index (Phi) is 5.25. The molecule has 1 aliphatic rings. The summed E-state index contributed by atoms with van der Waals surface area (Å²) in [5.74, 6) is -1.05. The average Bonchev–Trinajstić information content (AvgIpc) is 3.27. The van der Waals surface area contributed by atoms with Crippen LogP contribution in [-0.2, 0) is 16.6 Å². The maximum absolute atomic E-state index is 13.8. The molecule has 1 aromatic heterocycles. The van der Waals surface area contributed by atoms with Crippen LogP contribution >= 0.6 is 0 Å². The number of carbonyl (C=O) groups excluding carboxylic acids is 1. The first kappa shape index (κ1) is 19.4. The second-order valence-corrected chi connectivity index (χ2v) is 8.75. The van der Waals surface area contributed by atoms with Crippen molar-refractivity contribution in [2.45, 2.75) is 24.3 Å². The van der Waals surface area contributed by atoms with Gasteiger partial charge in [-0.1, -0.05) is 12.1 Å². The standard InChI is InChI=1S/C20H19FN4O3S/c21-15-11-17(19-18(12-15)22-7-8-23-19)20(26)24-13-14-3-5-16(6-4-14)29(27,28)25-9-1-2-10-25/h3-8,11-12H,1-2,9-10,13H2,(H,24,26). The first-order valence-corrected chi connectivity index (χ1v) is 10.7. The van der Waals surface area contributed by atoms with Crippen LogP contribution in [0.25, 0.3) is 11.0 Å². The summed E-state index contributed by atoms with van der Waals surface area (Å²) in [6.07, 6.45) is 4.63. The highest BCUT2D eigenvalue weighted by atomic mass is 32.2. The predicted molar refractivity (Wildman–Crippen MR) is 105 cm³/mol. The van der Waals surface area contributed by atoms with Crippen LogP contribution in [0.1, 0.15) is 28.8 Å². The van der Waals surface area contributed by atoms with Gasteiger partial charge in [0.05, 0.1) is 16.0 Å². The molecular weight excluding hydrogens is 395 g/mol. The molecule has 9 heteroatoms. The summed E-state index contributed by atoms with van der Waals surface area (Å²) in [7, 11) is -3.47. The van der Waals surface area contributed by atoms with Crippen molar-refractivity contribution in [2.24, 2.45) is 0 Å². The SMILES string of the molecule is O=C(NCc1ccc(S(=O)(=O)N2CCCC2)cc1)c1cc(F)cc2nccnc12. The van der Waals surface area contributed by atoms with Gasteiger partial charge in [-0.25, -0.2) is 12.8 Å². The van der Waals surface area contributed by atoms with Gasteiger partial charge in [0.1, 0.15) is 11.3 Å². The maximum Gasteiger partial charge on any atom is 0.253 e. The van der Waals surface area contributed by atoms with Gasteiger partial charge in [0, 0.05) is 38.1 Å². The van der Waals surface area contributed by atoms with Gasteiger partial charge in [-0.05, 0) is 36.6 Å². The molecule has 0 saturated carbocycles. The molecule has 2 aromatic carbocycles. The van der Waals surface area contributed by atoms with Crippen molar-refractivity contribution in [3.8, 4) is 0 Å². The number of fused-ring (bicyclic) bond motifs is 1. The van der Waals surface area contributed by atoms with Crippen LogP contribution in [0.3, 0.4) is 0 Å². The van der Waals surface area contributed by atoms with E-state index in [1.54, 1.807) is 12.1 Å². The Morgan fingerprint density at radius 2 is 1.76 bits per heavy atom. The predicted octanol–water partition coefficient (Wildman–Crippen LogP) is 2.48. The van der Waals surface area contributed by atoms with Crippen molar-refractivity contribution in [3.05, 3.63) is 65.7 Å². The monoisotopic (exact) mass is 414 g/mol. The Morgan fingerprint density at radius 1 is 1.07 bits per heavy atom. The molecule has 1 aliphatic heterocycles. The van der Waals surface area contributed by atoms with Crippen molar-refractivity contribution < 1.29 is 17.6 Å². The van der Waals surface area contributed by atoms with E-state index in [9.17, 15) is 17.6 Å². The van der Waals surface area contributed by atoms with Gasteiger partial charge >= 0.3 is 0 Å². The number of rotatable bonds is 5. The minimum absolute atomic E-state index is 0.0985. The van der Waals surface area contributed by atoms with E-state index in [2.05, 4.69) is 15.3 Å². The second kappa shape index (κ2) is 7.84. The molecule has 0 atom stereocenters. The number of hydrogen-bond acceptors (Lipinski definition) is 5. The van der Waals surface area contributed by atoms with Gasteiger partial charge in [-0.2, -0.15) is 4.31 Å². The third-order valence-electron chi connectivity index (χ3n) is 4.86. The number of halogens is 1. The van der Waals surface area contributed by atoms with Crippen LogP contribution in [0, 0.1) is 5.82 Å². The third kappa shape index (κ3) is 3.96. The number of nitrogens with zero attached hydrogens (tertiary/aromatic N) is 3. The number of benzene rings is 2. The number of nitrogens with one attached hydrogen (secondary N) is 1. The van der Waals surface area contributed by atoms with E-state index < -0.39 is 21.7 Å². The molecule has 0 bridgehead atoms. The third-order valence-corrected chi connectivity index (χ3v) is 6.78. The van der Waals surface area contributed by atoms with E-state index in [4.69, 9.17) is 0 Å². The summed E-state index contributed by atoms with van der Waals surface area (Å²) in [5, 5.41) is 2.71. The smallest absolute Gasteiger partial charge is 0.253 e. The number of hydrogen-bond donors (Lipinski definition) is 1. The fraction of sp³-hybridized carbons (Fsp3) is 0.250. The van der Waals surface area contributed by atoms with Gasteiger partial charge in [0.2, 0.25) is 10.0 Å². The Balaban J connectivity index is 1.48. The molecule has 7 nitrogen and oxygen atoms in total. The average molecular weight is 414 g/mol. The number of amides is 1. The van der Waals surface area contributed by atoms with Gasteiger partial charge in [0.15, 0.2) is 0 Å². The Morgan fingerprint density at radius 3 is 2.48 bits per heavy atom. The fourth-order valence-corrected chi connectivity index (χ4v) is 4.87. The maximum atomic E-state index is 13.8. The Hall–Kier alpha value is -2.91. The van der Waals surface area contributed by atoms with Gasteiger partial charge in [0.25, 0.3) is 5.91 Å². The molecule has 1 N–H and O–H groups in total. The molecular formula is C20H19FN4O3S. The molecule has 2 heterocycles.